The molecule has 1 aromatic carbocycles. The van der Waals surface area contributed by atoms with E-state index in [0.717, 1.165) is 6.54 Å². The van der Waals surface area contributed by atoms with E-state index in [-0.39, 0.29) is 35.6 Å². The second-order valence-corrected chi connectivity index (χ2v) is 7.75. The predicted octanol–water partition coefficient (Wildman–Crippen LogP) is 3.13. The molecule has 0 aromatic heterocycles. The predicted molar refractivity (Wildman–Crippen MR) is 95.8 cm³/mol. The van der Waals surface area contributed by atoms with E-state index < -0.39 is 17.9 Å². The molecule has 1 N–H and O–H groups in total. The molecule has 0 bridgehead atoms. The summed E-state index contributed by atoms with van der Waals surface area (Å²) < 4.78 is 33.2. The highest BCUT2D eigenvalue weighted by Crippen LogP contribution is 2.32. The van der Waals surface area contributed by atoms with Crippen LogP contribution in [0.5, 0.6) is 0 Å². The standard InChI is InChI=1S/C21H25F2NO2/c1-21(13-26-14-21)12-24-11-20(25)17-9-8-16(19(23)10-17)7-6-15-4-2-3-5-18(15)22/h2-5,16-17,19,24H,8-14H2,1H3/t16-,17+,19?/m0/s1. The van der Waals surface area contributed by atoms with Gasteiger partial charge < -0.3 is 10.1 Å². The third-order valence-electron chi connectivity index (χ3n) is 5.25. The van der Waals surface area contributed by atoms with Crippen LogP contribution in [-0.4, -0.2) is 38.3 Å². The Morgan fingerprint density at radius 2 is 2.12 bits per heavy atom. The third kappa shape index (κ3) is 4.69. The fourth-order valence-electron chi connectivity index (χ4n) is 3.49. The molecule has 1 aromatic rings. The van der Waals surface area contributed by atoms with Crippen LogP contribution in [0.3, 0.4) is 0 Å². The highest BCUT2D eigenvalue weighted by atomic mass is 19.1. The van der Waals surface area contributed by atoms with Gasteiger partial charge in [-0.25, -0.2) is 8.78 Å². The molecule has 1 aliphatic heterocycles. The van der Waals surface area contributed by atoms with Gasteiger partial charge in [-0.15, -0.1) is 0 Å². The molecular weight excluding hydrogens is 336 g/mol. The van der Waals surface area contributed by atoms with Gasteiger partial charge in [0.25, 0.3) is 0 Å². The van der Waals surface area contributed by atoms with Gasteiger partial charge in [0.15, 0.2) is 0 Å². The first kappa shape index (κ1) is 19.0. The van der Waals surface area contributed by atoms with Crippen molar-refractivity contribution >= 4 is 5.78 Å². The number of rotatable bonds is 5. The molecule has 3 rings (SSSR count). The molecule has 1 unspecified atom stereocenters. The molecule has 2 aliphatic rings. The Morgan fingerprint density at radius 1 is 1.35 bits per heavy atom. The van der Waals surface area contributed by atoms with E-state index >= 15 is 0 Å². The van der Waals surface area contributed by atoms with Crippen LogP contribution in [0.1, 0.15) is 31.7 Å². The van der Waals surface area contributed by atoms with Gasteiger partial charge in [0.05, 0.1) is 31.2 Å². The van der Waals surface area contributed by atoms with E-state index in [1.807, 2.05) is 0 Å². The average Bonchev–Trinajstić information content (AvgIpc) is 2.60. The summed E-state index contributed by atoms with van der Waals surface area (Å²) in [5.74, 6) is 4.59. The Balaban J connectivity index is 1.47. The molecule has 0 amide bonds. The van der Waals surface area contributed by atoms with Crippen molar-refractivity contribution in [3.8, 4) is 11.8 Å². The van der Waals surface area contributed by atoms with Crippen LogP contribution in [0.15, 0.2) is 24.3 Å². The number of ketones is 1. The molecule has 1 heterocycles. The van der Waals surface area contributed by atoms with E-state index in [9.17, 15) is 13.6 Å². The second-order valence-electron chi connectivity index (χ2n) is 7.75. The molecule has 1 saturated heterocycles. The summed E-state index contributed by atoms with van der Waals surface area (Å²) >= 11 is 0. The first-order valence-corrected chi connectivity index (χ1v) is 9.18. The number of alkyl halides is 1. The van der Waals surface area contributed by atoms with E-state index in [4.69, 9.17) is 4.74 Å². The van der Waals surface area contributed by atoms with Crippen LogP contribution in [0.25, 0.3) is 0 Å². The number of carbonyl (C=O) groups excluding carboxylic acids is 1. The molecule has 1 saturated carbocycles. The van der Waals surface area contributed by atoms with Crippen molar-refractivity contribution < 1.29 is 18.3 Å². The SMILES string of the molecule is CC1(CNCC(=O)[C@@H]2CC[C@H](C#Cc3ccccc3F)C(F)C2)COC1. The van der Waals surface area contributed by atoms with Gasteiger partial charge in [0.1, 0.15) is 17.8 Å². The lowest BCUT2D eigenvalue weighted by molar-refractivity contribution is -0.125. The zero-order valence-electron chi connectivity index (χ0n) is 15.1. The number of benzene rings is 1. The van der Waals surface area contributed by atoms with Crippen LogP contribution >= 0.6 is 0 Å². The van der Waals surface area contributed by atoms with Gasteiger partial charge in [-0.2, -0.15) is 0 Å². The summed E-state index contributed by atoms with van der Waals surface area (Å²) in [6.45, 7) is 4.56. The van der Waals surface area contributed by atoms with Crippen molar-refractivity contribution in [3.05, 3.63) is 35.6 Å². The van der Waals surface area contributed by atoms with Crippen LogP contribution in [0, 0.1) is 34.9 Å². The van der Waals surface area contributed by atoms with Crippen molar-refractivity contribution in [1.82, 2.24) is 5.32 Å². The quantitative estimate of drug-likeness (QED) is 0.819. The van der Waals surface area contributed by atoms with Gasteiger partial charge >= 0.3 is 0 Å². The Hall–Kier alpha value is -1.77. The van der Waals surface area contributed by atoms with Gasteiger partial charge in [-0.05, 0) is 31.4 Å². The monoisotopic (exact) mass is 361 g/mol. The van der Waals surface area contributed by atoms with Gasteiger partial charge in [-0.1, -0.05) is 30.9 Å². The third-order valence-corrected chi connectivity index (χ3v) is 5.25. The molecule has 26 heavy (non-hydrogen) atoms. The Labute approximate surface area is 153 Å². The Kier molecular flexibility index (Phi) is 6.05. The number of carbonyl (C=O) groups is 1. The van der Waals surface area contributed by atoms with Gasteiger partial charge in [-0.3, -0.25) is 4.79 Å². The summed E-state index contributed by atoms with van der Waals surface area (Å²) in [4.78, 5) is 12.3. The number of nitrogens with one attached hydrogen (secondary N) is 1. The fraction of sp³-hybridized carbons (Fsp3) is 0.571. The number of halogens is 2. The summed E-state index contributed by atoms with van der Waals surface area (Å²) in [6, 6.07) is 6.24. The summed E-state index contributed by atoms with van der Waals surface area (Å²) in [7, 11) is 0. The number of Topliss-reactive ketones (excluding diaryl/α,β-unsaturated/α-hetero) is 1. The van der Waals surface area contributed by atoms with Gasteiger partial charge in [0.2, 0.25) is 0 Å². The molecule has 3 nitrogen and oxygen atoms in total. The minimum absolute atomic E-state index is 0.0667. The normalized spacial score (nSPS) is 27.1. The molecular formula is C21H25F2NO2. The highest BCUT2D eigenvalue weighted by Gasteiger charge is 2.35. The number of hydrogen-bond donors (Lipinski definition) is 1. The van der Waals surface area contributed by atoms with Crippen molar-refractivity contribution in [3.63, 3.8) is 0 Å². The fourth-order valence-corrected chi connectivity index (χ4v) is 3.49. The lowest BCUT2D eigenvalue weighted by Gasteiger charge is -2.38. The summed E-state index contributed by atoms with van der Waals surface area (Å²) in [5.41, 5.74) is 0.402. The largest absolute Gasteiger partial charge is 0.380 e. The number of ether oxygens (including phenoxy) is 1. The minimum atomic E-state index is -1.14. The smallest absolute Gasteiger partial charge is 0.149 e. The van der Waals surface area contributed by atoms with Crippen LogP contribution in [0.2, 0.25) is 0 Å². The van der Waals surface area contributed by atoms with E-state index in [2.05, 4.69) is 24.1 Å². The molecule has 0 radical (unpaired) electrons. The van der Waals surface area contributed by atoms with Crippen molar-refractivity contribution in [2.24, 2.45) is 17.3 Å². The zero-order chi connectivity index (χ0) is 18.6. The maximum Gasteiger partial charge on any atom is 0.149 e. The first-order chi connectivity index (χ1) is 12.5. The van der Waals surface area contributed by atoms with Crippen LogP contribution < -0.4 is 5.32 Å². The average molecular weight is 361 g/mol. The van der Waals surface area contributed by atoms with Crippen LogP contribution in [0.4, 0.5) is 8.78 Å². The maximum absolute atomic E-state index is 14.5. The molecule has 2 fully saturated rings. The van der Waals surface area contributed by atoms with Gasteiger partial charge in [0, 0.05) is 17.9 Å². The lowest BCUT2D eigenvalue weighted by atomic mass is 9.79. The van der Waals surface area contributed by atoms with Crippen LogP contribution in [-0.2, 0) is 9.53 Å². The first-order valence-electron chi connectivity index (χ1n) is 9.18. The van der Waals surface area contributed by atoms with E-state index in [0.29, 0.717) is 26.1 Å². The maximum atomic E-state index is 14.5. The summed E-state index contributed by atoms with van der Waals surface area (Å²) in [6.07, 6.45) is 0.231. The van der Waals surface area contributed by atoms with Crippen molar-refractivity contribution in [2.75, 3.05) is 26.3 Å². The highest BCUT2D eigenvalue weighted by molar-refractivity contribution is 5.83. The Morgan fingerprint density at radius 3 is 2.77 bits per heavy atom. The van der Waals surface area contributed by atoms with Crippen molar-refractivity contribution in [1.29, 1.82) is 0 Å². The number of hydrogen-bond acceptors (Lipinski definition) is 3. The minimum Gasteiger partial charge on any atom is -0.380 e. The Bertz CT molecular complexity index is 705. The molecule has 1 aliphatic carbocycles. The summed E-state index contributed by atoms with van der Waals surface area (Å²) in [5, 5.41) is 3.18. The molecule has 5 heteroatoms. The molecule has 0 spiro atoms. The molecule has 3 atom stereocenters. The topological polar surface area (TPSA) is 38.3 Å². The van der Waals surface area contributed by atoms with E-state index in [1.54, 1.807) is 18.2 Å². The lowest BCUT2D eigenvalue weighted by Crippen LogP contribution is -2.48. The van der Waals surface area contributed by atoms with E-state index in [1.165, 1.54) is 6.07 Å². The van der Waals surface area contributed by atoms with Crippen molar-refractivity contribution in [2.45, 2.75) is 32.4 Å². The second kappa shape index (κ2) is 8.28. The zero-order valence-corrected chi connectivity index (χ0v) is 15.1. The molecule has 140 valence electrons.